The molecule has 0 radical (unpaired) electrons. The van der Waals surface area contributed by atoms with Gasteiger partial charge in [0.05, 0.1) is 0 Å². The largest absolute Gasteiger partial charge is 0.320 e. The Labute approximate surface area is 98.1 Å². The second kappa shape index (κ2) is 3.65. The van der Waals surface area contributed by atoms with Gasteiger partial charge in [-0.25, -0.2) is 0 Å². The van der Waals surface area contributed by atoms with E-state index in [-0.39, 0.29) is 5.41 Å². The van der Waals surface area contributed by atoms with E-state index >= 15 is 0 Å². The average Bonchev–Trinajstić information content (AvgIpc) is 2.55. The highest BCUT2D eigenvalue weighted by Gasteiger charge is 2.22. The molecular weight excluding hydrogens is 194 g/mol. The summed E-state index contributed by atoms with van der Waals surface area (Å²) in [7, 11) is 0. The minimum Gasteiger partial charge on any atom is -0.320 e. The van der Waals surface area contributed by atoms with Crippen LogP contribution in [0.1, 0.15) is 51.8 Å². The Balaban J connectivity index is 2.78. The molecule has 2 aromatic heterocycles. The second-order valence-electron chi connectivity index (χ2n) is 5.84. The van der Waals surface area contributed by atoms with Gasteiger partial charge in [-0.1, -0.05) is 40.7 Å². The first-order valence-corrected chi connectivity index (χ1v) is 6.01. The van der Waals surface area contributed by atoms with Gasteiger partial charge >= 0.3 is 0 Å². The van der Waals surface area contributed by atoms with Gasteiger partial charge in [0, 0.05) is 17.4 Å². The first-order chi connectivity index (χ1) is 7.41. The van der Waals surface area contributed by atoms with Crippen LogP contribution < -0.4 is 0 Å². The lowest BCUT2D eigenvalue weighted by Crippen LogP contribution is -2.14. The first-order valence-electron chi connectivity index (χ1n) is 6.01. The Kier molecular flexibility index (Phi) is 2.57. The fraction of sp³-hybridized carbons (Fsp3) is 0.467. The minimum atomic E-state index is 0.214. The van der Waals surface area contributed by atoms with Gasteiger partial charge in [0.15, 0.2) is 0 Å². The average molecular weight is 215 g/mol. The third kappa shape index (κ3) is 1.75. The number of fused-ring (bicyclic) bond motifs is 1. The van der Waals surface area contributed by atoms with Crippen molar-refractivity contribution in [2.24, 2.45) is 0 Å². The Morgan fingerprint density at radius 3 is 2.38 bits per heavy atom. The van der Waals surface area contributed by atoms with Crippen LogP contribution in [-0.4, -0.2) is 4.40 Å². The number of hydrogen-bond acceptors (Lipinski definition) is 0. The van der Waals surface area contributed by atoms with E-state index in [1.807, 2.05) is 0 Å². The van der Waals surface area contributed by atoms with Crippen LogP contribution in [0, 0.1) is 0 Å². The molecule has 0 aliphatic carbocycles. The maximum atomic E-state index is 2.33. The number of hydrogen-bond donors (Lipinski definition) is 0. The molecule has 0 unspecified atom stereocenters. The third-order valence-electron chi connectivity index (χ3n) is 3.07. The van der Waals surface area contributed by atoms with Gasteiger partial charge in [-0.05, 0) is 35.1 Å². The molecule has 0 bridgehead atoms. The summed E-state index contributed by atoms with van der Waals surface area (Å²) in [5.41, 5.74) is 4.43. The smallest absolute Gasteiger partial charge is 0.0456 e. The monoisotopic (exact) mass is 215 g/mol. The van der Waals surface area contributed by atoms with Crippen molar-refractivity contribution in [3.8, 4) is 0 Å². The van der Waals surface area contributed by atoms with E-state index in [2.05, 4.69) is 69.5 Å². The molecular formula is C15H21N. The SMILES string of the molecule is CC(C)c1c(C(C)(C)C)cc2ccccn12. The maximum Gasteiger partial charge on any atom is 0.0456 e. The van der Waals surface area contributed by atoms with E-state index in [4.69, 9.17) is 0 Å². The van der Waals surface area contributed by atoms with Crippen LogP contribution in [0.15, 0.2) is 30.5 Å². The van der Waals surface area contributed by atoms with Crippen molar-refractivity contribution in [3.63, 3.8) is 0 Å². The Hall–Kier alpha value is -1.24. The zero-order chi connectivity index (χ0) is 11.9. The molecule has 0 aliphatic heterocycles. The molecule has 0 saturated heterocycles. The summed E-state index contributed by atoms with van der Waals surface area (Å²) in [6.45, 7) is 11.4. The molecule has 2 rings (SSSR count). The third-order valence-corrected chi connectivity index (χ3v) is 3.07. The van der Waals surface area contributed by atoms with Crippen molar-refractivity contribution in [1.82, 2.24) is 4.40 Å². The van der Waals surface area contributed by atoms with Crippen molar-refractivity contribution >= 4 is 5.52 Å². The van der Waals surface area contributed by atoms with E-state index in [1.54, 1.807) is 0 Å². The fourth-order valence-electron chi connectivity index (χ4n) is 2.33. The van der Waals surface area contributed by atoms with E-state index in [0.717, 1.165) is 0 Å². The van der Waals surface area contributed by atoms with Gasteiger partial charge in [0.25, 0.3) is 0 Å². The van der Waals surface area contributed by atoms with Crippen LogP contribution in [0.4, 0.5) is 0 Å². The quantitative estimate of drug-likeness (QED) is 0.665. The standard InChI is InChI=1S/C15H21N/c1-11(2)14-13(15(3,4)5)10-12-8-6-7-9-16(12)14/h6-11H,1-5H3. The molecule has 0 spiro atoms. The van der Waals surface area contributed by atoms with Crippen LogP contribution >= 0.6 is 0 Å². The molecule has 2 heterocycles. The molecule has 0 aromatic carbocycles. The molecule has 0 aliphatic rings. The predicted octanol–water partition coefficient (Wildman–Crippen LogP) is 4.36. The van der Waals surface area contributed by atoms with E-state index in [0.29, 0.717) is 5.92 Å². The first kappa shape index (κ1) is 11.3. The fourth-order valence-corrected chi connectivity index (χ4v) is 2.33. The molecule has 0 fully saturated rings. The normalized spacial score (nSPS) is 12.6. The summed E-state index contributed by atoms with van der Waals surface area (Å²) in [6, 6.07) is 8.72. The molecule has 0 amide bonds. The van der Waals surface area contributed by atoms with Crippen molar-refractivity contribution in [1.29, 1.82) is 0 Å². The number of aromatic nitrogens is 1. The zero-order valence-electron chi connectivity index (χ0n) is 10.9. The molecule has 16 heavy (non-hydrogen) atoms. The molecule has 2 aromatic rings. The summed E-state index contributed by atoms with van der Waals surface area (Å²) >= 11 is 0. The Morgan fingerprint density at radius 1 is 1.12 bits per heavy atom. The molecule has 0 saturated carbocycles. The lowest BCUT2D eigenvalue weighted by molar-refractivity contribution is 0.574. The molecule has 1 heteroatoms. The molecule has 0 N–H and O–H groups in total. The summed E-state index contributed by atoms with van der Waals surface area (Å²) < 4.78 is 2.32. The summed E-state index contributed by atoms with van der Waals surface area (Å²) in [4.78, 5) is 0. The van der Waals surface area contributed by atoms with Crippen molar-refractivity contribution < 1.29 is 0 Å². The van der Waals surface area contributed by atoms with Crippen LogP contribution in [0.25, 0.3) is 5.52 Å². The minimum absolute atomic E-state index is 0.214. The van der Waals surface area contributed by atoms with Crippen LogP contribution in [0.5, 0.6) is 0 Å². The molecule has 1 nitrogen and oxygen atoms in total. The van der Waals surface area contributed by atoms with Crippen molar-refractivity contribution in [2.75, 3.05) is 0 Å². The maximum absolute atomic E-state index is 2.33. The highest BCUT2D eigenvalue weighted by atomic mass is 14.9. The van der Waals surface area contributed by atoms with Crippen LogP contribution in [0.2, 0.25) is 0 Å². The van der Waals surface area contributed by atoms with E-state index in [9.17, 15) is 0 Å². The zero-order valence-corrected chi connectivity index (χ0v) is 10.9. The number of rotatable bonds is 1. The lowest BCUT2D eigenvalue weighted by Gasteiger charge is -2.21. The summed E-state index contributed by atoms with van der Waals surface area (Å²) in [5, 5.41) is 0. The van der Waals surface area contributed by atoms with E-state index < -0.39 is 0 Å². The van der Waals surface area contributed by atoms with Gasteiger partial charge in [0.2, 0.25) is 0 Å². The Bertz CT molecular complexity index is 498. The van der Waals surface area contributed by atoms with Crippen LogP contribution in [-0.2, 0) is 5.41 Å². The van der Waals surface area contributed by atoms with Gasteiger partial charge in [-0.3, -0.25) is 0 Å². The molecule has 86 valence electrons. The van der Waals surface area contributed by atoms with Gasteiger partial charge in [-0.15, -0.1) is 0 Å². The second-order valence-corrected chi connectivity index (χ2v) is 5.84. The topological polar surface area (TPSA) is 4.41 Å². The number of pyridine rings is 1. The summed E-state index contributed by atoms with van der Waals surface area (Å²) in [6.07, 6.45) is 2.17. The van der Waals surface area contributed by atoms with Crippen LogP contribution in [0.3, 0.4) is 0 Å². The van der Waals surface area contributed by atoms with E-state index in [1.165, 1.54) is 16.8 Å². The predicted molar refractivity (Wildman–Crippen MR) is 70.2 cm³/mol. The molecule has 0 atom stereocenters. The van der Waals surface area contributed by atoms with Gasteiger partial charge in [0.1, 0.15) is 0 Å². The Morgan fingerprint density at radius 2 is 1.81 bits per heavy atom. The van der Waals surface area contributed by atoms with Gasteiger partial charge in [-0.2, -0.15) is 0 Å². The highest BCUT2D eigenvalue weighted by molar-refractivity contribution is 5.55. The van der Waals surface area contributed by atoms with Gasteiger partial charge < -0.3 is 4.40 Å². The van der Waals surface area contributed by atoms with Crippen molar-refractivity contribution in [3.05, 3.63) is 41.7 Å². The lowest BCUT2D eigenvalue weighted by atomic mass is 9.84. The summed E-state index contributed by atoms with van der Waals surface area (Å²) in [5.74, 6) is 0.555. The number of nitrogens with zero attached hydrogens (tertiary/aromatic N) is 1. The van der Waals surface area contributed by atoms with Crippen molar-refractivity contribution in [2.45, 2.75) is 46.0 Å². The highest BCUT2D eigenvalue weighted by Crippen LogP contribution is 2.33.